The fourth-order valence-electron chi connectivity index (χ4n) is 2.79. The summed E-state index contributed by atoms with van der Waals surface area (Å²) in [5.41, 5.74) is -0.0888. The molecule has 1 saturated heterocycles. The van der Waals surface area contributed by atoms with E-state index in [0.29, 0.717) is 6.54 Å². The number of likely N-dealkylation sites (tertiary alicyclic amines) is 1. The van der Waals surface area contributed by atoms with E-state index in [4.69, 9.17) is 16.3 Å². The molecule has 144 valence electrons. The maximum Gasteiger partial charge on any atom is 0.340 e. The quantitative estimate of drug-likeness (QED) is 0.704. The topological polar surface area (TPSA) is 84.0 Å². The van der Waals surface area contributed by atoms with Crippen LogP contribution >= 0.6 is 11.6 Å². The van der Waals surface area contributed by atoms with E-state index < -0.39 is 22.6 Å². The normalized spacial score (nSPS) is 18.0. The van der Waals surface area contributed by atoms with E-state index in [1.807, 2.05) is 6.92 Å². The molecule has 1 aliphatic heterocycles. The van der Waals surface area contributed by atoms with E-state index in [2.05, 4.69) is 0 Å². The molecule has 0 aromatic heterocycles. The van der Waals surface area contributed by atoms with Crippen LogP contribution in [-0.2, 0) is 19.6 Å². The van der Waals surface area contributed by atoms with Crippen LogP contribution in [0.1, 0.15) is 36.5 Å². The average molecular weight is 403 g/mol. The van der Waals surface area contributed by atoms with Gasteiger partial charge in [-0.1, -0.05) is 11.6 Å². The summed E-state index contributed by atoms with van der Waals surface area (Å²) in [6, 6.07) is 3.92. The lowest BCUT2D eigenvalue weighted by Crippen LogP contribution is -2.44. The first-order chi connectivity index (χ1) is 12.1. The van der Waals surface area contributed by atoms with Crippen LogP contribution in [0.5, 0.6) is 0 Å². The summed E-state index contributed by atoms with van der Waals surface area (Å²) in [6.07, 6.45) is 2.93. The molecule has 0 N–H and O–H groups in total. The van der Waals surface area contributed by atoms with Gasteiger partial charge in [-0.05, 0) is 44.4 Å². The number of carbonyl (C=O) groups excluding carboxylic acids is 2. The summed E-state index contributed by atoms with van der Waals surface area (Å²) in [5, 5.41) is 0.0616. The number of sulfonamides is 1. The SMILES string of the molecule is C[C@H]1CCCCN1C(=O)COC(=O)c1cc(S(=O)(=O)N(C)C)ccc1Cl. The van der Waals surface area contributed by atoms with Crippen molar-refractivity contribution in [2.24, 2.45) is 0 Å². The molecular weight excluding hydrogens is 380 g/mol. The van der Waals surface area contributed by atoms with Gasteiger partial charge in [-0.2, -0.15) is 0 Å². The zero-order valence-electron chi connectivity index (χ0n) is 15.1. The molecule has 0 unspecified atom stereocenters. The number of halogens is 1. The highest BCUT2D eigenvalue weighted by Crippen LogP contribution is 2.23. The number of hydrogen-bond donors (Lipinski definition) is 0. The zero-order chi connectivity index (χ0) is 19.5. The molecule has 26 heavy (non-hydrogen) atoms. The van der Waals surface area contributed by atoms with Gasteiger partial charge in [-0.15, -0.1) is 0 Å². The van der Waals surface area contributed by atoms with Crippen molar-refractivity contribution in [1.82, 2.24) is 9.21 Å². The van der Waals surface area contributed by atoms with Gasteiger partial charge in [-0.3, -0.25) is 4.79 Å². The van der Waals surface area contributed by atoms with Crippen LogP contribution < -0.4 is 0 Å². The third kappa shape index (κ3) is 4.55. The second-order valence-corrected chi connectivity index (χ2v) is 9.00. The summed E-state index contributed by atoms with van der Waals surface area (Å²) in [5.74, 6) is -1.09. The van der Waals surface area contributed by atoms with Crippen LogP contribution in [0.15, 0.2) is 23.1 Å². The molecule has 1 fully saturated rings. The van der Waals surface area contributed by atoms with Crippen LogP contribution in [0, 0.1) is 0 Å². The lowest BCUT2D eigenvalue weighted by atomic mass is 10.0. The highest BCUT2D eigenvalue weighted by Gasteiger charge is 2.25. The minimum atomic E-state index is -3.71. The van der Waals surface area contributed by atoms with Gasteiger partial charge < -0.3 is 9.64 Å². The minimum absolute atomic E-state index is 0.0616. The molecule has 1 heterocycles. The number of nitrogens with zero attached hydrogens (tertiary/aromatic N) is 2. The van der Waals surface area contributed by atoms with Gasteiger partial charge >= 0.3 is 5.97 Å². The van der Waals surface area contributed by atoms with Gasteiger partial charge in [0.05, 0.1) is 15.5 Å². The molecule has 1 aliphatic rings. The van der Waals surface area contributed by atoms with Crippen LogP contribution in [-0.4, -0.2) is 62.8 Å². The van der Waals surface area contributed by atoms with E-state index in [-0.39, 0.29) is 27.4 Å². The summed E-state index contributed by atoms with van der Waals surface area (Å²) >= 11 is 6.00. The number of carbonyl (C=O) groups is 2. The molecule has 2 rings (SSSR count). The molecular formula is C17H23ClN2O5S. The van der Waals surface area contributed by atoms with Crippen molar-refractivity contribution >= 4 is 33.5 Å². The lowest BCUT2D eigenvalue weighted by Gasteiger charge is -2.33. The number of amides is 1. The van der Waals surface area contributed by atoms with Gasteiger partial charge in [0.15, 0.2) is 6.61 Å². The van der Waals surface area contributed by atoms with Gasteiger partial charge in [0.2, 0.25) is 10.0 Å². The first-order valence-electron chi connectivity index (χ1n) is 8.33. The third-order valence-corrected chi connectivity index (χ3v) is 6.53. The van der Waals surface area contributed by atoms with Crippen molar-refractivity contribution in [2.75, 3.05) is 27.2 Å². The maximum absolute atomic E-state index is 12.3. The van der Waals surface area contributed by atoms with Crippen molar-refractivity contribution in [2.45, 2.75) is 37.1 Å². The molecule has 1 amide bonds. The van der Waals surface area contributed by atoms with Crippen LogP contribution in [0.2, 0.25) is 5.02 Å². The molecule has 0 saturated carbocycles. The van der Waals surface area contributed by atoms with E-state index in [1.54, 1.807) is 4.90 Å². The first-order valence-corrected chi connectivity index (χ1v) is 10.1. The second kappa shape index (κ2) is 8.37. The maximum atomic E-state index is 12.3. The molecule has 0 bridgehead atoms. The lowest BCUT2D eigenvalue weighted by molar-refractivity contribution is -0.137. The Labute approximate surface area is 158 Å². The van der Waals surface area contributed by atoms with Crippen molar-refractivity contribution in [3.63, 3.8) is 0 Å². The summed E-state index contributed by atoms with van der Waals surface area (Å²) in [4.78, 5) is 26.2. The molecule has 0 radical (unpaired) electrons. The Kier molecular flexibility index (Phi) is 6.65. The Morgan fingerprint density at radius 3 is 2.62 bits per heavy atom. The van der Waals surface area contributed by atoms with Crippen molar-refractivity contribution in [1.29, 1.82) is 0 Å². The molecule has 1 aromatic carbocycles. The van der Waals surface area contributed by atoms with Gasteiger partial charge in [-0.25, -0.2) is 17.5 Å². The molecule has 7 nitrogen and oxygen atoms in total. The second-order valence-electron chi connectivity index (χ2n) is 6.44. The fraction of sp³-hybridized carbons (Fsp3) is 0.529. The van der Waals surface area contributed by atoms with Crippen LogP contribution in [0.25, 0.3) is 0 Å². The number of rotatable bonds is 5. The van der Waals surface area contributed by atoms with E-state index in [9.17, 15) is 18.0 Å². The Morgan fingerprint density at radius 1 is 1.31 bits per heavy atom. The Balaban J connectivity index is 2.11. The number of benzene rings is 1. The average Bonchev–Trinajstić information content (AvgIpc) is 2.59. The Hall–Kier alpha value is -1.64. The minimum Gasteiger partial charge on any atom is -0.452 e. The van der Waals surface area contributed by atoms with Crippen molar-refractivity contribution in [3.05, 3.63) is 28.8 Å². The highest BCUT2D eigenvalue weighted by molar-refractivity contribution is 7.89. The number of esters is 1. The number of hydrogen-bond acceptors (Lipinski definition) is 5. The number of piperidine rings is 1. The van der Waals surface area contributed by atoms with Crippen LogP contribution in [0.4, 0.5) is 0 Å². The van der Waals surface area contributed by atoms with E-state index in [1.165, 1.54) is 26.2 Å². The van der Waals surface area contributed by atoms with E-state index >= 15 is 0 Å². The number of ether oxygens (including phenoxy) is 1. The predicted molar refractivity (Wildman–Crippen MR) is 97.6 cm³/mol. The summed E-state index contributed by atoms with van der Waals surface area (Å²) in [6.45, 7) is 2.21. The van der Waals surface area contributed by atoms with Gasteiger partial charge in [0.1, 0.15) is 0 Å². The third-order valence-electron chi connectivity index (χ3n) is 4.39. The van der Waals surface area contributed by atoms with Gasteiger partial charge in [0.25, 0.3) is 5.91 Å². The highest BCUT2D eigenvalue weighted by atomic mass is 35.5. The predicted octanol–water partition coefficient (Wildman–Crippen LogP) is 2.15. The van der Waals surface area contributed by atoms with Crippen molar-refractivity contribution < 1.29 is 22.7 Å². The molecule has 0 aliphatic carbocycles. The molecule has 1 aromatic rings. The van der Waals surface area contributed by atoms with E-state index in [0.717, 1.165) is 29.6 Å². The van der Waals surface area contributed by atoms with Crippen molar-refractivity contribution in [3.8, 4) is 0 Å². The Bertz CT molecular complexity index is 794. The molecule has 0 spiro atoms. The standard InChI is InChI=1S/C17H23ClN2O5S/c1-12-6-4-5-9-20(12)16(21)11-25-17(22)14-10-13(7-8-15(14)18)26(23,24)19(2)3/h7-8,10,12H,4-6,9,11H2,1-3H3/t12-/m0/s1. The first kappa shape index (κ1) is 20.7. The smallest absolute Gasteiger partial charge is 0.340 e. The molecule has 9 heteroatoms. The summed E-state index contributed by atoms with van der Waals surface area (Å²) in [7, 11) is -0.935. The zero-order valence-corrected chi connectivity index (χ0v) is 16.6. The fourth-order valence-corrected chi connectivity index (χ4v) is 3.91. The Morgan fingerprint density at radius 2 is 2.00 bits per heavy atom. The monoisotopic (exact) mass is 402 g/mol. The summed E-state index contributed by atoms with van der Waals surface area (Å²) < 4.78 is 30.5. The largest absolute Gasteiger partial charge is 0.452 e. The van der Waals surface area contributed by atoms with Gasteiger partial charge in [0, 0.05) is 26.7 Å². The molecule has 1 atom stereocenters. The van der Waals surface area contributed by atoms with Crippen LogP contribution in [0.3, 0.4) is 0 Å².